The number of carbonyl (C=O) groups excluding carboxylic acids is 1. The average molecular weight is 410 g/mol. The molecule has 2 aromatic rings. The SMILES string of the molecule is CCCCCCCCCCn1c(SCC(=O)[O-])nc2c1c(=O)n(C)c(=O)n2C. The third-order valence-corrected chi connectivity index (χ3v) is 5.82. The Morgan fingerprint density at radius 3 is 2.21 bits per heavy atom. The van der Waals surface area contributed by atoms with Crippen LogP contribution in [-0.4, -0.2) is 30.4 Å². The smallest absolute Gasteiger partial charge is 0.332 e. The van der Waals surface area contributed by atoms with Crippen LogP contribution in [-0.2, 0) is 25.4 Å². The van der Waals surface area contributed by atoms with Crippen molar-refractivity contribution >= 4 is 28.9 Å². The fourth-order valence-electron chi connectivity index (χ4n) is 3.27. The Hall–Kier alpha value is -2.03. The Morgan fingerprint density at radius 2 is 1.61 bits per heavy atom. The second kappa shape index (κ2) is 10.5. The fourth-order valence-corrected chi connectivity index (χ4v) is 4.01. The van der Waals surface area contributed by atoms with Crippen LogP contribution in [0.15, 0.2) is 14.7 Å². The molecule has 2 rings (SSSR count). The summed E-state index contributed by atoms with van der Waals surface area (Å²) in [5, 5.41) is 11.3. The van der Waals surface area contributed by atoms with Crippen molar-refractivity contribution < 1.29 is 9.90 Å². The van der Waals surface area contributed by atoms with Gasteiger partial charge in [-0.3, -0.25) is 13.9 Å². The number of hydrogen-bond acceptors (Lipinski definition) is 6. The zero-order chi connectivity index (χ0) is 20.7. The van der Waals surface area contributed by atoms with Crippen molar-refractivity contribution in [2.75, 3.05) is 5.75 Å². The zero-order valence-electron chi connectivity index (χ0n) is 16.9. The van der Waals surface area contributed by atoms with Crippen LogP contribution >= 0.6 is 11.8 Å². The van der Waals surface area contributed by atoms with Crippen molar-refractivity contribution in [2.45, 2.75) is 70.0 Å². The lowest BCUT2D eigenvalue weighted by atomic mass is 10.1. The second-order valence-electron chi connectivity index (χ2n) is 7.06. The number of aliphatic carboxylic acids is 1. The Morgan fingerprint density at radius 1 is 1.00 bits per heavy atom. The topological polar surface area (TPSA) is 102 Å². The normalized spacial score (nSPS) is 11.4. The number of nitrogens with zero attached hydrogens (tertiary/aromatic N) is 4. The van der Waals surface area contributed by atoms with Crippen molar-refractivity contribution in [1.82, 2.24) is 18.7 Å². The largest absolute Gasteiger partial charge is 0.549 e. The molecule has 2 heterocycles. The summed E-state index contributed by atoms with van der Waals surface area (Å²) < 4.78 is 4.13. The van der Waals surface area contributed by atoms with Crippen molar-refractivity contribution in [2.24, 2.45) is 14.1 Å². The van der Waals surface area contributed by atoms with Crippen molar-refractivity contribution in [1.29, 1.82) is 0 Å². The highest BCUT2D eigenvalue weighted by Crippen LogP contribution is 2.22. The molecule has 0 saturated heterocycles. The number of hydrogen-bond donors (Lipinski definition) is 0. The Bertz CT molecular complexity index is 929. The molecule has 9 heteroatoms. The quantitative estimate of drug-likeness (QED) is 0.388. The molecule has 0 saturated carbocycles. The van der Waals surface area contributed by atoms with Gasteiger partial charge >= 0.3 is 5.69 Å². The molecule has 0 aromatic carbocycles. The van der Waals surface area contributed by atoms with Crippen LogP contribution < -0.4 is 16.4 Å². The van der Waals surface area contributed by atoms with Crippen molar-refractivity contribution in [3.63, 3.8) is 0 Å². The van der Waals surface area contributed by atoms with Crippen molar-refractivity contribution in [3.05, 3.63) is 20.8 Å². The fraction of sp³-hybridized carbons (Fsp3) is 0.684. The first kappa shape index (κ1) is 22.3. The molecule has 28 heavy (non-hydrogen) atoms. The molecule has 0 aliphatic heterocycles. The maximum Gasteiger partial charge on any atom is 0.332 e. The monoisotopic (exact) mass is 409 g/mol. The van der Waals surface area contributed by atoms with Crippen LogP contribution in [0.25, 0.3) is 11.2 Å². The highest BCUT2D eigenvalue weighted by atomic mass is 32.2. The van der Waals surface area contributed by atoms with Crippen LogP contribution in [0.1, 0.15) is 58.3 Å². The van der Waals surface area contributed by atoms with E-state index in [0.717, 1.165) is 35.6 Å². The second-order valence-corrected chi connectivity index (χ2v) is 8.00. The van der Waals surface area contributed by atoms with E-state index in [9.17, 15) is 19.5 Å². The first-order chi connectivity index (χ1) is 13.4. The van der Waals surface area contributed by atoms with Crippen molar-refractivity contribution in [3.8, 4) is 0 Å². The lowest BCUT2D eigenvalue weighted by Gasteiger charge is -2.09. The maximum absolute atomic E-state index is 12.7. The van der Waals surface area contributed by atoms with Gasteiger partial charge in [-0.25, -0.2) is 9.78 Å². The van der Waals surface area contributed by atoms with E-state index in [2.05, 4.69) is 11.9 Å². The van der Waals surface area contributed by atoms with E-state index < -0.39 is 17.2 Å². The molecule has 156 valence electrons. The molecule has 0 aliphatic carbocycles. The molecule has 0 N–H and O–H groups in total. The first-order valence-electron chi connectivity index (χ1n) is 9.87. The van der Waals surface area contributed by atoms with Gasteiger partial charge in [0.05, 0.1) is 5.97 Å². The number of unbranched alkanes of at least 4 members (excludes halogenated alkanes) is 7. The Balaban J connectivity index is 2.19. The first-order valence-corrected chi connectivity index (χ1v) is 10.9. The van der Waals surface area contributed by atoms with Crippen LogP contribution in [0, 0.1) is 0 Å². The molecule has 8 nitrogen and oxygen atoms in total. The van der Waals surface area contributed by atoms with Crippen LogP contribution in [0.5, 0.6) is 0 Å². The summed E-state index contributed by atoms with van der Waals surface area (Å²) in [4.78, 5) is 40.1. The lowest BCUT2D eigenvalue weighted by Crippen LogP contribution is -2.37. The molecular weight excluding hydrogens is 380 g/mol. The highest BCUT2D eigenvalue weighted by Gasteiger charge is 2.19. The number of imidazole rings is 1. The van der Waals surface area contributed by atoms with E-state index >= 15 is 0 Å². The molecule has 0 unspecified atom stereocenters. The summed E-state index contributed by atoms with van der Waals surface area (Å²) in [6.45, 7) is 2.76. The number of fused-ring (bicyclic) bond motifs is 1. The number of carbonyl (C=O) groups is 1. The van der Waals surface area contributed by atoms with E-state index in [0.29, 0.717) is 17.2 Å². The van der Waals surface area contributed by atoms with Gasteiger partial charge in [0.15, 0.2) is 16.3 Å². The van der Waals surface area contributed by atoms with Crippen LogP contribution in [0.3, 0.4) is 0 Å². The number of rotatable bonds is 12. The van der Waals surface area contributed by atoms with Gasteiger partial charge in [-0.1, -0.05) is 63.6 Å². The molecule has 0 fully saturated rings. The molecule has 2 aromatic heterocycles. The molecule has 0 bridgehead atoms. The summed E-state index contributed by atoms with van der Waals surface area (Å²) >= 11 is 1.01. The maximum atomic E-state index is 12.7. The third kappa shape index (κ3) is 5.27. The molecule has 0 aliphatic rings. The molecule has 0 amide bonds. The molecule has 0 radical (unpaired) electrons. The number of carboxylic acids is 1. The van der Waals surface area contributed by atoms with Crippen LogP contribution in [0.4, 0.5) is 0 Å². The van der Waals surface area contributed by atoms with E-state index in [4.69, 9.17) is 0 Å². The molecule has 0 spiro atoms. The summed E-state index contributed by atoms with van der Waals surface area (Å²) in [7, 11) is 3.00. The predicted molar refractivity (Wildman–Crippen MR) is 109 cm³/mol. The third-order valence-electron chi connectivity index (χ3n) is 4.87. The van der Waals surface area contributed by atoms with Gasteiger partial charge in [-0.15, -0.1) is 0 Å². The Labute approximate surface area is 168 Å². The lowest BCUT2D eigenvalue weighted by molar-refractivity contribution is -0.301. The number of carboxylic acid groups (broad SMARTS) is 1. The Kier molecular flexibility index (Phi) is 8.35. The van der Waals surface area contributed by atoms with E-state index in [1.54, 1.807) is 11.6 Å². The van der Waals surface area contributed by atoms with Gasteiger partial charge in [0.2, 0.25) is 0 Å². The molecule has 0 atom stereocenters. The van der Waals surface area contributed by atoms with Gasteiger partial charge in [-0.05, 0) is 6.42 Å². The zero-order valence-corrected chi connectivity index (χ0v) is 17.7. The minimum atomic E-state index is -1.20. The van der Waals surface area contributed by atoms with E-state index in [1.165, 1.54) is 43.7 Å². The predicted octanol–water partition coefficient (Wildman–Crippen LogP) is 1.42. The number of aromatic nitrogens is 4. The van der Waals surface area contributed by atoms with Crippen LogP contribution in [0.2, 0.25) is 0 Å². The van der Waals surface area contributed by atoms with Gasteiger partial charge in [-0.2, -0.15) is 0 Å². The van der Waals surface area contributed by atoms with E-state index in [1.807, 2.05) is 0 Å². The standard InChI is InChI=1S/C19H30N4O4S/c1-4-5-6-7-8-9-10-11-12-23-15-16(20-18(23)28-13-14(24)25)21(2)19(27)22(3)17(15)26/h4-13H2,1-3H3,(H,24,25)/p-1. The van der Waals surface area contributed by atoms with Gasteiger partial charge < -0.3 is 14.5 Å². The van der Waals surface area contributed by atoms with Gasteiger partial charge in [0.1, 0.15) is 0 Å². The summed E-state index contributed by atoms with van der Waals surface area (Å²) in [5.41, 5.74) is -0.238. The highest BCUT2D eigenvalue weighted by molar-refractivity contribution is 7.99. The average Bonchev–Trinajstić information content (AvgIpc) is 3.03. The van der Waals surface area contributed by atoms with E-state index in [-0.39, 0.29) is 11.4 Å². The summed E-state index contributed by atoms with van der Waals surface area (Å²) in [6, 6.07) is 0. The minimum Gasteiger partial charge on any atom is -0.549 e. The van der Waals surface area contributed by atoms with Gasteiger partial charge in [0, 0.05) is 26.4 Å². The minimum absolute atomic E-state index is 0.255. The number of thioether (sulfide) groups is 1. The number of aryl methyl sites for hydroxylation is 2. The van der Waals surface area contributed by atoms with Gasteiger partial charge in [0.25, 0.3) is 5.56 Å². The summed E-state index contributed by atoms with van der Waals surface area (Å²) in [6.07, 6.45) is 9.27. The summed E-state index contributed by atoms with van der Waals surface area (Å²) in [5.74, 6) is -1.45. The molecular formula is C19H29N4O4S-.